The van der Waals surface area contributed by atoms with Crippen molar-refractivity contribution in [3.63, 3.8) is 0 Å². The number of rotatable bonds is 4. The average molecular weight is 438 g/mol. The van der Waals surface area contributed by atoms with E-state index in [1.54, 1.807) is 18.3 Å². The normalized spacial score (nSPS) is 18.4. The van der Waals surface area contributed by atoms with Gasteiger partial charge in [0, 0.05) is 49.0 Å². The molecule has 7 heteroatoms. The number of aromatic nitrogens is 1. The molecule has 3 heterocycles. The molecule has 1 fully saturated rings. The molecule has 0 atom stereocenters. The standard InChI is InChI=1S/C24H27N3O3S/c1-25-12-10-19(11-13-25)23-18-27(24-5-3-2-4-22(23)24)31(28,29)21-8-6-20(7-9-21)26-14-16-30-17-15-26/h2-10,18H,11-17H2,1H3. The number of anilines is 1. The number of likely N-dealkylation sites (N-methyl/N-ethyl adjacent to an activating group) is 1. The van der Waals surface area contributed by atoms with Crippen molar-refractivity contribution in [2.24, 2.45) is 0 Å². The van der Waals surface area contributed by atoms with Crippen molar-refractivity contribution in [3.05, 3.63) is 66.4 Å². The summed E-state index contributed by atoms with van der Waals surface area (Å²) in [6.07, 6.45) is 4.92. The summed E-state index contributed by atoms with van der Waals surface area (Å²) in [4.78, 5) is 4.78. The molecule has 0 unspecified atom stereocenters. The van der Waals surface area contributed by atoms with Gasteiger partial charge in [-0.25, -0.2) is 12.4 Å². The summed E-state index contributed by atoms with van der Waals surface area (Å²) in [6.45, 7) is 4.89. The van der Waals surface area contributed by atoms with Gasteiger partial charge < -0.3 is 14.5 Å². The second-order valence-electron chi connectivity index (χ2n) is 8.20. The van der Waals surface area contributed by atoms with E-state index in [-0.39, 0.29) is 0 Å². The lowest BCUT2D eigenvalue weighted by molar-refractivity contribution is 0.122. The van der Waals surface area contributed by atoms with E-state index in [1.807, 2.05) is 36.4 Å². The Morgan fingerprint density at radius 3 is 2.39 bits per heavy atom. The Morgan fingerprint density at radius 2 is 1.68 bits per heavy atom. The second kappa shape index (κ2) is 8.15. The molecule has 1 aromatic heterocycles. The van der Waals surface area contributed by atoms with Crippen molar-refractivity contribution in [2.45, 2.75) is 11.3 Å². The van der Waals surface area contributed by atoms with Crippen LogP contribution in [0, 0.1) is 0 Å². The number of para-hydroxylation sites is 1. The lowest BCUT2D eigenvalue weighted by Crippen LogP contribution is -2.36. The number of nitrogens with zero attached hydrogens (tertiary/aromatic N) is 3. The van der Waals surface area contributed by atoms with Crippen LogP contribution >= 0.6 is 0 Å². The van der Waals surface area contributed by atoms with Crippen molar-refractivity contribution >= 4 is 32.2 Å². The van der Waals surface area contributed by atoms with Crippen LogP contribution in [0.15, 0.2) is 65.7 Å². The van der Waals surface area contributed by atoms with Gasteiger partial charge in [0.15, 0.2) is 0 Å². The molecule has 0 aliphatic carbocycles. The van der Waals surface area contributed by atoms with Gasteiger partial charge in [0.05, 0.1) is 23.6 Å². The third-order valence-corrected chi connectivity index (χ3v) is 7.89. The van der Waals surface area contributed by atoms with Gasteiger partial charge >= 0.3 is 0 Å². The van der Waals surface area contributed by atoms with E-state index in [1.165, 1.54) is 9.55 Å². The molecule has 0 amide bonds. The first-order valence-corrected chi connectivity index (χ1v) is 12.1. The summed E-state index contributed by atoms with van der Waals surface area (Å²) in [6, 6.07) is 15.0. The molecule has 3 aromatic rings. The highest BCUT2D eigenvalue weighted by Gasteiger charge is 2.23. The SMILES string of the molecule is CN1CC=C(c2cn(S(=O)(=O)c3ccc(N4CCOCC4)cc3)c3ccccc23)CC1. The van der Waals surface area contributed by atoms with E-state index in [9.17, 15) is 8.42 Å². The van der Waals surface area contributed by atoms with Crippen molar-refractivity contribution in [1.29, 1.82) is 0 Å². The van der Waals surface area contributed by atoms with E-state index >= 15 is 0 Å². The van der Waals surface area contributed by atoms with E-state index in [4.69, 9.17) is 4.74 Å². The highest BCUT2D eigenvalue weighted by atomic mass is 32.2. The lowest BCUT2D eigenvalue weighted by atomic mass is 9.99. The molecule has 0 spiro atoms. The second-order valence-corrected chi connectivity index (χ2v) is 10.0. The Labute approximate surface area is 183 Å². The maximum absolute atomic E-state index is 13.6. The van der Waals surface area contributed by atoms with Crippen LogP contribution in [0.25, 0.3) is 16.5 Å². The van der Waals surface area contributed by atoms with Crippen LogP contribution in [-0.2, 0) is 14.8 Å². The molecule has 2 aliphatic rings. The Kier molecular flexibility index (Phi) is 5.33. The molecule has 0 bridgehead atoms. The smallest absolute Gasteiger partial charge is 0.268 e. The van der Waals surface area contributed by atoms with Gasteiger partial charge in [0.1, 0.15) is 0 Å². The maximum Gasteiger partial charge on any atom is 0.268 e. The number of hydrogen-bond acceptors (Lipinski definition) is 5. The van der Waals surface area contributed by atoms with Crippen LogP contribution in [-0.4, -0.2) is 63.7 Å². The van der Waals surface area contributed by atoms with Gasteiger partial charge in [-0.15, -0.1) is 0 Å². The Hall–Kier alpha value is -2.61. The Morgan fingerprint density at radius 1 is 0.935 bits per heavy atom. The van der Waals surface area contributed by atoms with Crippen LogP contribution < -0.4 is 4.90 Å². The first kappa shape index (κ1) is 20.3. The fourth-order valence-electron chi connectivity index (χ4n) is 4.38. The molecule has 162 valence electrons. The number of morpholine rings is 1. The fraction of sp³-hybridized carbons (Fsp3) is 0.333. The number of fused-ring (bicyclic) bond motifs is 1. The first-order chi connectivity index (χ1) is 15.0. The van der Waals surface area contributed by atoms with Crippen LogP contribution in [0.2, 0.25) is 0 Å². The van der Waals surface area contributed by atoms with Crippen molar-refractivity contribution in [2.75, 3.05) is 51.3 Å². The zero-order chi connectivity index (χ0) is 21.4. The maximum atomic E-state index is 13.6. The summed E-state index contributed by atoms with van der Waals surface area (Å²) in [5.74, 6) is 0. The Bertz CT molecular complexity index is 1220. The number of hydrogen-bond donors (Lipinski definition) is 0. The molecule has 0 N–H and O–H groups in total. The summed E-state index contributed by atoms with van der Waals surface area (Å²) in [5, 5.41) is 0.979. The van der Waals surface area contributed by atoms with Gasteiger partial charge in [-0.05, 0) is 49.4 Å². The molecule has 2 aliphatic heterocycles. The number of benzene rings is 2. The summed E-state index contributed by atoms with van der Waals surface area (Å²) >= 11 is 0. The van der Waals surface area contributed by atoms with Crippen LogP contribution in [0.4, 0.5) is 5.69 Å². The number of ether oxygens (including phenoxy) is 1. The minimum Gasteiger partial charge on any atom is -0.378 e. The molecule has 2 aromatic carbocycles. The van der Waals surface area contributed by atoms with E-state index in [0.717, 1.165) is 54.8 Å². The van der Waals surface area contributed by atoms with Gasteiger partial charge in [-0.1, -0.05) is 24.3 Å². The first-order valence-electron chi connectivity index (χ1n) is 10.7. The molecule has 1 saturated heterocycles. The molecule has 31 heavy (non-hydrogen) atoms. The zero-order valence-electron chi connectivity index (χ0n) is 17.7. The average Bonchev–Trinajstić information content (AvgIpc) is 3.21. The van der Waals surface area contributed by atoms with Crippen molar-refractivity contribution < 1.29 is 13.2 Å². The minimum absolute atomic E-state index is 0.300. The minimum atomic E-state index is -3.71. The van der Waals surface area contributed by atoms with E-state index in [0.29, 0.717) is 18.1 Å². The highest BCUT2D eigenvalue weighted by Crippen LogP contribution is 2.33. The molecular weight excluding hydrogens is 410 g/mol. The third kappa shape index (κ3) is 3.78. The zero-order valence-corrected chi connectivity index (χ0v) is 18.5. The predicted molar refractivity (Wildman–Crippen MR) is 124 cm³/mol. The fourth-order valence-corrected chi connectivity index (χ4v) is 5.75. The highest BCUT2D eigenvalue weighted by molar-refractivity contribution is 7.90. The van der Waals surface area contributed by atoms with Crippen LogP contribution in [0.5, 0.6) is 0 Å². The van der Waals surface area contributed by atoms with Crippen LogP contribution in [0.3, 0.4) is 0 Å². The quantitative estimate of drug-likeness (QED) is 0.626. The third-order valence-electron chi connectivity index (χ3n) is 6.21. The van der Waals surface area contributed by atoms with Gasteiger partial charge in [-0.2, -0.15) is 0 Å². The summed E-state index contributed by atoms with van der Waals surface area (Å²) < 4.78 is 34.0. The molecule has 0 saturated carbocycles. The largest absolute Gasteiger partial charge is 0.378 e. The van der Waals surface area contributed by atoms with E-state index < -0.39 is 10.0 Å². The Balaban J connectivity index is 1.54. The molecule has 0 radical (unpaired) electrons. The van der Waals surface area contributed by atoms with E-state index in [2.05, 4.69) is 22.9 Å². The van der Waals surface area contributed by atoms with Crippen molar-refractivity contribution in [3.8, 4) is 0 Å². The molecule has 6 nitrogen and oxygen atoms in total. The molecule has 5 rings (SSSR count). The van der Waals surface area contributed by atoms with Crippen LogP contribution in [0.1, 0.15) is 12.0 Å². The predicted octanol–water partition coefficient (Wildman–Crippen LogP) is 3.43. The van der Waals surface area contributed by atoms with Gasteiger partial charge in [0.2, 0.25) is 0 Å². The summed E-state index contributed by atoms with van der Waals surface area (Å²) in [7, 11) is -1.61. The lowest BCUT2D eigenvalue weighted by Gasteiger charge is -2.28. The van der Waals surface area contributed by atoms with Crippen molar-refractivity contribution in [1.82, 2.24) is 8.87 Å². The molecular formula is C24H27N3O3S. The topological polar surface area (TPSA) is 54.8 Å². The van der Waals surface area contributed by atoms with Gasteiger partial charge in [-0.3, -0.25) is 0 Å². The van der Waals surface area contributed by atoms with Gasteiger partial charge in [0.25, 0.3) is 10.0 Å². The summed E-state index contributed by atoms with van der Waals surface area (Å²) in [5.41, 5.74) is 3.97. The monoisotopic (exact) mass is 437 g/mol.